The first-order chi connectivity index (χ1) is 8.88. The molecule has 1 N–H and O–H groups in total. The van der Waals surface area contributed by atoms with Gasteiger partial charge in [0.2, 0.25) is 0 Å². The first-order valence-corrected chi connectivity index (χ1v) is 7.03. The highest BCUT2D eigenvalue weighted by Crippen LogP contribution is 2.13. The van der Waals surface area contributed by atoms with Crippen molar-refractivity contribution in [1.29, 1.82) is 0 Å². The van der Waals surface area contributed by atoms with Gasteiger partial charge in [0.15, 0.2) is 0 Å². The molecule has 0 bridgehead atoms. The zero-order valence-corrected chi connectivity index (χ0v) is 11.3. The molecule has 0 atom stereocenters. The lowest BCUT2D eigenvalue weighted by molar-refractivity contribution is 0.244. The molecule has 0 amide bonds. The fourth-order valence-electron chi connectivity index (χ4n) is 2.19. The second-order valence-corrected chi connectivity index (χ2v) is 4.83. The SMILES string of the molecule is CCCOc1ccc(CCN2CCNCC2)cc1. The van der Waals surface area contributed by atoms with E-state index >= 15 is 0 Å². The van der Waals surface area contributed by atoms with Gasteiger partial charge < -0.3 is 15.0 Å². The average Bonchev–Trinajstić information content (AvgIpc) is 2.45. The summed E-state index contributed by atoms with van der Waals surface area (Å²) in [5.41, 5.74) is 1.40. The van der Waals surface area contributed by atoms with Crippen molar-refractivity contribution in [2.45, 2.75) is 19.8 Å². The summed E-state index contributed by atoms with van der Waals surface area (Å²) < 4.78 is 5.59. The molecular weight excluding hydrogens is 224 g/mol. The number of piperazine rings is 1. The highest BCUT2D eigenvalue weighted by atomic mass is 16.5. The molecule has 1 saturated heterocycles. The second-order valence-electron chi connectivity index (χ2n) is 4.83. The Kier molecular flexibility index (Phi) is 5.49. The lowest BCUT2D eigenvalue weighted by atomic mass is 10.1. The third-order valence-electron chi connectivity index (χ3n) is 3.32. The van der Waals surface area contributed by atoms with Gasteiger partial charge in [0, 0.05) is 32.7 Å². The van der Waals surface area contributed by atoms with Gasteiger partial charge >= 0.3 is 0 Å². The fourth-order valence-corrected chi connectivity index (χ4v) is 2.19. The van der Waals surface area contributed by atoms with E-state index in [9.17, 15) is 0 Å². The van der Waals surface area contributed by atoms with Crippen LogP contribution in [0.1, 0.15) is 18.9 Å². The number of nitrogens with zero attached hydrogens (tertiary/aromatic N) is 1. The van der Waals surface area contributed by atoms with E-state index in [1.807, 2.05) is 0 Å². The first kappa shape index (κ1) is 13.4. The summed E-state index contributed by atoms with van der Waals surface area (Å²) in [6, 6.07) is 8.55. The molecule has 0 unspecified atom stereocenters. The zero-order chi connectivity index (χ0) is 12.6. The smallest absolute Gasteiger partial charge is 0.119 e. The van der Waals surface area contributed by atoms with E-state index in [0.29, 0.717) is 0 Å². The van der Waals surface area contributed by atoms with Crippen LogP contribution in [0.25, 0.3) is 0 Å². The van der Waals surface area contributed by atoms with Crippen molar-refractivity contribution in [2.75, 3.05) is 39.3 Å². The summed E-state index contributed by atoms with van der Waals surface area (Å²) in [4.78, 5) is 2.53. The van der Waals surface area contributed by atoms with Gasteiger partial charge in [0.25, 0.3) is 0 Å². The van der Waals surface area contributed by atoms with E-state index in [2.05, 4.69) is 41.4 Å². The fraction of sp³-hybridized carbons (Fsp3) is 0.600. The van der Waals surface area contributed by atoms with E-state index in [1.165, 1.54) is 18.7 Å². The van der Waals surface area contributed by atoms with Crippen molar-refractivity contribution in [3.63, 3.8) is 0 Å². The Bertz CT molecular complexity index is 331. The topological polar surface area (TPSA) is 24.5 Å². The van der Waals surface area contributed by atoms with Crippen LogP contribution in [0.3, 0.4) is 0 Å². The van der Waals surface area contributed by atoms with Crippen LogP contribution in [0.5, 0.6) is 5.75 Å². The van der Waals surface area contributed by atoms with Crippen molar-refractivity contribution < 1.29 is 4.74 Å². The molecule has 3 heteroatoms. The molecule has 0 spiro atoms. The summed E-state index contributed by atoms with van der Waals surface area (Å²) in [7, 11) is 0. The third-order valence-corrected chi connectivity index (χ3v) is 3.32. The van der Waals surface area contributed by atoms with Crippen molar-refractivity contribution in [2.24, 2.45) is 0 Å². The minimum Gasteiger partial charge on any atom is -0.494 e. The van der Waals surface area contributed by atoms with E-state index in [1.54, 1.807) is 0 Å². The quantitative estimate of drug-likeness (QED) is 0.832. The molecule has 1 fully saturated rings. The van der Waals surface area contributed by atoms with E-state index in [4.69, 9.17) is 4.74 Å². The maximum Gasteiger partial charge on any atom is 0.119 e. The van der Waals surface area contributed by atoms with Crippen molar-refractivity contribution in [1.82, 2.24) is 10.2 Å². The highest BCUT2D eigenvalue weighted by Gasteiger charge is 2.08. The summed E-state index contributed by atoms with van der Waals surface area (Å²) >= 11 is 0. The summed E-state index contributed by atoms with van der Waals surface area (Å²) in [5.74, 6) is 0.989. The number of hydrogen-bond acceptors (Lipinski definition) is 3. The van der Waals surface area contributed by atoms with Gasteiger partial charge in [-0.3, -0.25) is 0 Å². The molecule has 0 radical (unpaired) electrons. The maximum absolute atomic E-state index is 5.59. The average molecular weight is 248 g/mol. The van der Waals surface area contributed by atoms with Crippen LogP contribution >= 0.6 is 0 Å². The van der Waals surface area contributed by atoms with Crippen LogP contribution in [-0.2, 0) is 6.42 Å². The van der Waals surface area contributed by atoms with Crippen LogP contribution in [0.15, 0.2) is 24.3 Å². The molecule has 3 nitrogen and oxygen atoms in total. The number of nitrogens with one attached hydrogen (secondary N) is 1. The molecule has 2 rings (SSSR count). The van der Waals surface area contributed by atoms with Crippen LogP contribution in [-0.4, -0.2) is 44.2 Å². The van der Waals surface area contributed by atoms with Gasteiger partial charge in [-0.15, -0.1) is 0 Å². The minimum absolute atomic E-state index is 0.806. The molecule has 0 aliphatic carbocycles. The Labute approximate surface area is 110 Å². The monoisotopic (exact) mass is 248 g/mol. The number of rotatable bonds is 6. The van der Waals surface area contributed by atoms with Crippen molar-refractivity contribution in [3.8, 4) is 5.75 Å². The lowest BCUT2D eigenvalue weighted by Crippen LogP contribution is -2.44. The molecule has 1 aliphatic heterocycles. The Morgan fingerprint density at radius 1 is 1.17 bits per heavy atom. The third kappa shape index (κ3) is 4.31. The van der Waals surface area contributed by atoms with Gasteiger partial charge in [0.1, 0.15) is 5.75 Å². The Hall–Kier alpha value is -1.06. The molecule has 1 aromatic carbocycles. The molecular formula is C15H24N2O. The van der Waals surface area contributed by atoms with Crippen molar-refractivity contribution >= 4 is 0 Å². The molecule has 18 heavy (non-hydrogen) atoms. The maximum atomic E-state index is 5.59. The Morgan fingerprint density at radius 3 is 2.56 bits per heavy atom. The van der Waals surface area contributed by atoms with E-state index in [0.717, 1.165) is 44.8 Å². The van der Waals surface area contributed by atoms with Crippen LogP contribution in [0.4, 0.5) is 0 Å². The number of hydrogen-bond donors (Lipinski definition) is 1. The van der Waals surface area contributed by atoms with Gasteiger partial charge in [-0.25, -0.2) is 0 Å². The molecule has 100 valence electrons. The zero-order valence-electron chi connectivity index (χ0n) is 11.3. The second kappa shape index (κ2) is 7.39. The van der Waals surface area contributed by atoms with Crippen LogP contribution in [0, 0.1) is 0 Å². The number of benzene rings is 1. The Morgan fingerprint density at radius 2 is 1.89 bits per heavy atom. The van der Waals surface area contributed by atoms with Gasteiger partial charge in [-0.1, -0.05) is 19.1 Å². The highest BCUT2D eigenvalue weighted by molar-refractivity contribution is 5.27. The summed E-state index contributed by atoms with van der Waals surface area (Å²) in [5, 5.41) is 3.38. The molecule has 0 aromatic heterocycles. The molecule has 1 aromatic rings. The summed E-state index contributed by atoms with van der Waals surface area (Å²) in [6.07, 6.45) is 2.19. The van der Waals surface area contributed by atoms with Gasteiger partial charge in [-0.2, -0.15) is 0 Å². The van der Waals surface area contributed by atoms with Crippen LogP contribution in [0.2, 0.25) is 0 Å². The summed E-state index contributed by atoms with van der Waals surface area (Å²) in [6.45, 7) is 8.71. The standard InChI is InChI=1S/C15H24N2O/c1-2-13-18-15-5-3-14(4-6-15)7-10-17-11-8-16-9-12-17/h3-6,16H,2,7-13H2,1H3. The van der Waals surface area contributed by atoms with E-state index in [-0.39, 0.29) is 0 Å². The van der Waals surface area contributed by atoms with E-state index < -0.39 is 0 Å². The number of ether oxygens (including phenoxy) is 1. The lowest BCUT2D eigenvalue weighted by Gasteiger charge is -2.27. The van der Waals surface area contributed by atoms with Crippen LogP contribution < -0.4 is 10.1 Å². The predicted octanol–water partition coefficient (Wildman–Crippen LogP) is 1.92. The Balaban J connectivity index is 1.75. The van der Waals surface area contributed by atoms with Crippen molar-refractivity contribution in [3.05, 3.63) is 29.8 Å². The molecule has 0 saturated carbocycles. The van der Waals surface area contributed by atoms with Gasteiger partial charge in [0.05, 0.1) is 6.61 Å². The predicted molar refractivity (Wildman–Crippen MR) is 75.2 cm³/mol. The normalized spacial score (nSPS) is 16.7. The largest absolute Gasteiger partial charge is 0.494 e. The van der Waals surface area contributed by atoms with Gasteiger partial charge in [-0.05, 0) is 30.5 Å². The molecule has 1 heterocycles. The minimum atomic E-state index is 0.806. The molecule has 1 aliphatic rings. The first-order valence-electron chi connectivity index (χ1n) is 7.03.